The lowest BCUT2D eigenvalue weighted by Gasteiger charge is -2.33. The van der Waals surface area contributed by atoms with Crippen LogP contribution in [-0.2, 0) is 7.05 Å². The normalized spacial score (nSPS) is 17.0. The molecule has 31 heavy (non-hydrogen) atoms. The zero-order valence-electron chi connectivity index (χ0n) is 18.3. The molecule has 1 aliphatic rings. The van der Waals surface area contributed by atoms with Crippen molar-refractivity contribution in [1.29, 1.82) is 0 Å². The molecule has 0 bridgehead atoms. The van der Waals surface area contributed by atoms with E-state index in [0.29, 0.717) is 18.3 Å². The number of anilines is 1. The lowest BCUT2D eigenvalue weighted by atomic mass is 9.90. The maximum absolute atomic E-state index is 13.1. The molecular weight excluding hydrogens is 395 g/mol. The summed E-state index contributed by atoms with van der Waals surface area (Å²) in [6.45, 7) is 3.35. The van der Waals surface area contributed by atoms with Gasteiger partial charge in [0.2, 0.25) is 5.95 Å². The van der Waals surface area contributed by atoms with Crippen molar-refractivity contribution in [3.8, 4) is 16.9 Å². The van der Waals surface area contributed by atoms with Crippen LogP contribution >= 0.6 is 0 Å². The first-order valence-electron chi connectivity index (χ1n) is 10.6. The molecule has 3 heterocycles. The van der Waals surface area contributed by atoms with Gasteiger partial charge in [-0.25, -0.2) is 14.4 Å². The third-order valence-corrected chi connectivity index (χ3v) is 5.60. The lowest BCUT2D eigenvalue weighted by Crippen LogP contribution is -2.37. The number of likely N-dealkylation sites (tertiary alicyclic amines) is 1. The maximum Gasteiger partial charge on any atom is 0.225 e. The number of aromatic nitrogens is 4. The van der Waals surface area contributed by atoms with Gasteiger partial charge in [0, 0.05) is 63.7 Å². The van der Waals surface area contributed by atoms with Crippen LogP contribution in [0, 0.1) is 5.82 Å². The van der Waals surface area contributed by atoms with Crippen LogP contribution in [0.2, 0.25) is 0 Å². The predicted octanol–water partition coefficient (Wildman–Crippen LogP) is 3.34. The third kappa shape index (κ3) is 5.19. The highest BCUT2D eigenvalue weighted by atomic mass is 19.1. The van der Waals surface area contributed by atoms with Gasteiger partial charge in [-0.3, -0.25) is 9.58 Å². The molecule has 8 heteroatoms. The smallest absolute Gasteiger partial charge is 0.225 e. The number of aryl methyl sites for hydroxylation is 1. The van der Waals surface area contributed by atoms with Crippen LogP contribution in [0.15, 0.2) is 42.9 Å². The fraction of sp³-hybridized carbons (Fsp3) is 0.435. The summed E-state index contributed by atoms with van der Waals surface area (Å²) in [5, 5.41) is 4.33. The van der Waals surface area contributed by atoms with E-state index in [9.17, 15) is 4.39 Å². The molecule has 164 valence electrons. The molecule has 1 aromatic carbocycles. The number of hydrogen-bond donors (Lipinski definition) is 0. The van der Waals surface area contributed by atoms with Crippen LogP contribution in [0.5, 0.6) is 5.75 Å². The van der Waals surface area contributed by atoms with E-state index < -0.39 is 0 Å². The predicted molar refractivity (Wildman–Crippen MR) is 119 cm³/mol. The van der Waals surface area contributed by atoms with Crippen molar-refractivity contribution in [3.05, 3.63) is 54.4 Å². The number of benzene rings is 1. The van der Waals surface area contributed by atoms with Crippen molar-refractivity contribution < 1.29 is 9.13 Å². The standard InChI is InChI=1S/C23H29FN6O/c1-28(2)23-25-14-21(18-13-26-29(3)15-18)22(27-23)17-5-4-10-30(16-17)11-12-31-20-8-6-19(24)7-9-20/h6-9,13-15,17H,4-5,10-12,16H2,1-3H3/t17-/m1/s1. The van der Waals surface area contributed by atoms with Gasteiger partial charge in [0.05, 0.1) is 11.9 Å². The molecule has 3 aromatic rings. The van der Waals surface area contributed by atoms with Gasteiger partial charge in [-0.05, 0) is 43.7 Å². The first-order chi connectivity index (χ1) is 15.0. The number of nitrogens with zero attached hydrogens (tertiary/aromatic N) is 6. The van der Waals surface area contributed by atoms with Crippen LogP contribution in [0.1, 0.15) is 24.5 Å². The third-order valence-electron chi connectivity index (χ3n) is 5.60. The van der Waals surface area contributed by atoms with Crippen molar-refractivity contribution in [3.63, 3.8) is 0 Å². The molecule has 2 aromatic heterocycles. The second-order valence-electron chi connectivity index (χ2n) is 8.21. The Labute approximate surface area is 182 Å². The zero-order chi connectivity index (χ0) is 21.8. The number of hydrogen-bond acceptors (Lipinski definition) is 6. The van der Waals surface area contributed by atoms with Crippen molar-refractivity contribution >= 4 is 5.95 Å². The highest BCUT2D eigenvalue weighted by Crippen LogP contribution is 2.33. The van der Waals surface area contributed by atoms with E-state index in [4.69, 9.17) is 9.72 Å². The van der Waals surface area contributed by atoms with Gasteiger partial charge >= 0.3 is 0 Å². The minimum Gasteiger partial charge on any atom is -0.492 e. The number of ether oxygens (including phenoxy) is 1. The van der Waals surface area contributed by atoms with Crippen LogP contribution in [0.4, 0.5) is 10.3 Å². The van der Waals surface area contributed by atoms with E-state index in [1.165, 1.54) is 12.1 Å². The molecule has 0 saturated carbocycles. The summed E-state index contributed by atoms with van der Waals surface area (Å²) >= 11 is 0. The Balaban J connectivity index is 1.47. The second kappa shape index (κ2) is 9.43. The molecule has 1 atom stereocenters. The summed E-state index contributed by atoms with van der Waals surface area (Å²) in [6.07, 6.45) is 8.00. The molecule has 0 amide bonds. The topological polar surface area (TPSA) is 59.3 Å². The van der Waals surface area contributed by atoms with Gasteiger partial charge in [0.25, 0.3) is 0 Å². The molecule has 0 radical (unpaired) electrons. The monoisotopic (exact) mass is 424 g/mol. The Morgan fingerprint density at radius 2 is 2.00 bits per heavy atom. The number of rotatable bonds is 7. The fourth-order valence-corrected chi connectivity index (χ4v) is 4.00. The van der Waals surface area contributed by atoms with E-state index in [1.54, 1.807) is 16.8 Å². The Hall–Kier alpha value is -3.00. The van der Waals surface area contributed by atoms with Crippen molar-refractivity contribution in [2.24, 2.45) is 7.05 Å². The lowest BCUT2D eigenvalue weighted by molar-refractivity contribution is 0.169. The molecule has 0 unspecified atom stereocenters. The van der Waals surface area contributed by atoms with E-state index in [-0.39, 0.29) is 5.82 Å². The summed E-state index contributed by atoms with van der Waals surface area (Å²) in [6, 6.07) is 6.17. The van der Waals surface area contributed by atoms with E-state index in [2.05, 4.69) is 15.0 Å². The molecule has 1 saturated heterocycles. The maximum atomic E-state index is 13.1. The summed E-state index contributed by atoms with van der Waals surface area (Å²) < 4.78 is 20.7. The molecule has 0 N–H and O–H groups in total. The van der Waals surface area contributed by atoms with Crippen LogP contribution in [-0.4, -0.2) is 65.0 Å². The van der Waals surface area contributed by atoms with Crippen LogP contribution < -0.4 is 9.64 Å². The summed E-state index contributed by atoms with van der Waals surface area (Å²) in [4.78, 5) is 13.8. The molecule has 0 spiro atoms. The number of halogens is 1. The molecule has 1 fully saturated rings. The van der Waals surface area contributed by atoms with Gasteiger partial charge < -0.3 is 9.64 Å². The Kier molecular flexibility index (Phi) is 6.46. The zero-order valence-corrected chi connectivity index (χ0v) is 18.3. The second-order valence-corrected chi connectivity index (χ2v) is 8.21. The van der Waals surface area contributed by atoms with Crippen molar-refractivity contribution in [2.45, 2.75) is 18.8 Å². The molecule has 1 aliphatic heterocycles. The van der Waals surface area contributed by atoms with Gasteiger partial charge in [-0.1, -0.05) is 0 Å². The van der Waals surface area contributed by atoms with E-state index in [1.807, 2.05) is 44.6 Å². The Morgan fingerprint density at radius 3 is 2.71 bits per heavy atom. The van der Waals surface area contributed by atoms with Gasteiger partial charge in [-0.2, -0.15) is 5.10 Å². The largest absolute Gasteiger partial charge is 0.492 e. The van der Waals surface area contributed by atoms with Gasteiger partial charge in [-0.15, -0.1) is 0 Å². The molecule has 0 aliphatic carbocycles. The van der Waals surface area contributed by atoms with Crippen LogP contribution in [0.25, 0.3) is 11.1 Å². The number of piperidine rings is 1. The molecular formula is C23H29FN6O. The summed E-state index contributed by atoms with van der Waals surface area (Å²) in [5.74, 6) is 1.48. The SMILES string of the molecule is CN(C)c1ncc(-c2cnn(C)c2)c([C@@H]2CCCN(CCOc3ccc(F)cc3)C2)n1. The highest BCUT2D eigenvalue weighted by Gasteiger charge is 2.26. The molecule has 7 nitrogen and oxygen atoms in total. The average Bonchev–Trinajstić information content (AvgIpc) is 3.21. The highest BCUT2D eigenvalue weighted by molar-refractivity contribution is 5.65. The van der Waals surface area contributed by atoms with Crippen LogP contribution in [0.3, 0.4) is 0 Å². The van der Waals surface area contributed by atoms with Crippen molar-refractivity contribution in [1.82, 2.24) is 24.6 Å². The minimum atomic E-state index is -0.252. The van der Waals surface area contributed by atoms with Gasteiger partial charge in [0.1, 0.15) is 18.2 Å². The average molecular weight is 425 g/mol. The quantitative estimate of drug-likeness (QED) is 0.580. The van der Waals surface area contributed by atoms with E-state index in [0.717, 1.165) is 55.2 Å². The summed E-state index contributed by atoms with van der Waals surface area (Å²) in [5.41, 5.74) is 3.17. The first-order valence-corrected chi connectivity index (χ1v) is 10.6. The summed E-state index contributed by atoms with van der Waals surface area (Å²) in [7, 11) is 5.84. The molecule has 4 rings (SSSR count). The van der Waals surface area contributed by atoms with Crippen molar-refractivity contribution in [2.75, 3.05) is 45.2 Å². The minimum absolute atomic E-state index is 0.252. The van der Waals surface area contributed by atoms with E-state index >= 15 is 0 Å². The fourth-order valence-electron chi connectivity index (χ4n) is 4.00. The van der Waals surface area contributed by atoms with Gasteiger partial charge in [0.15, 0.2) is 0 Å². The Morgan fingerprint density at radius 1 is 1.19 bits per heavy atom. The Bertz CT molecular complexity index is 1000. The first kappa shape index (κ1) is 21.2.